The van der Waals surface area contributed by atoms with Gasteiger partial charge in [-0.15, -0.1) is 0 Å². The Morgan fingerprint density at radius 2 is 2.00 bits per heavy atom. The number of para-hydroxylation sites is 1. The quantitative estimate of drug-likeness (QED) is 0.590. The van der Waals surface area contributed by atoms with E-state index in [0.29, 0.717) is 17.9 Å². The van der Waals surface area contributed by atoms with E-state index in [1.807, 2.05) is 19.9 Å². The van der Waals surface area contributed by atoms with E-state index >= 15 is 0 Å². The number of rotatable bonds is 0. The predicted molar refractivity (Wildman–Crippen MR) is 51.4 cm³/mol. The molecule has 0 saturated carbocycles. The molecule has 0 bridgehead atoms. The molecule has 0 radical (unpaired) electrons. The Balaban J connectivity index is 2.41. The molecule has 1 aromatic rings. The van der Waals surface area contributed by atoms with Crippen molar-refractivity contribution in [3.63, 3.8) is 0 Å². The van der Waals surface area contributed by atoms with Gasteiger partial charge in [0.05, 0.1) is 0 Å². The number of hydrogen-bond acceptors (Lipinski definition) is 3. The lowest BCUT2D eigenvalue weighted by molar-refractivity contribution is -0.0140. The highest BCUT2D eigenvalue weighted by atomic mass is 16.6. The number of cyclic esters (lactones) is 1. The highest BCUT2D eigenvalue weighted by molar-refractivity contribution is 5.93. The Labute approximate surface area is 82.6 Å². The van der Waals surface area contributed by atoms with Crippen molar-refractivity contribution in [2.45, 2.75) is 19.4 Å². The lowest BCUT2D eigenvalue weighted by Gasteiger charge is -2.21. The molecule has 0 spiro atoms. The van der Waals surface area contributed by atoms with Gasteiger partial charge in [-0.2, -0.15) is 0 Å². The van der Waals surface area contributed by atoms with Crippen molar-refractivity contribution in [2.75, 3.05) is 6.61 Å². The molecule has 0 fully saturated rings. The predicted octanol–water partition coefficient (Wildman–Crippen LogP) is 2.01. The molecule has 0 atom stereocenters. The van der Waals surface area contributed by atoms with Gasteiger partial charge in [0.15, 0.2) is 0 Å². The normalized spacial score (nSPS) is 18.9. The zero-order valence-corrected chi connectivity index (χ0v) is 8.24. The summed E-state index contributed by atoms with van der Waals surface area (Å²) in [5.41, 5.74) is -0.0612. The van der Waals surface area contributed by atoms with E-state index in [-0.39, 0.29) is 5.97 Å². The Kier molecular flexibility index (Phi) is 1.95. The van der Waals surface area contributed by atoms with Crippen LogP contribution in [0.1, 0.15) is 24.2 Å². The van der Waals surface area contributed by atoms with E-state index < -0.39 is 5.60 Å². The second-order valence-electron chi connectivity index (χ2n) is 3.93. The number of carbonyl (C=O) groups excluding carboxylic acids is 1. The van der Waals surface area contributed by atoms with Gasteiger partial charge in [-0.3, -0.25) is 0 Å². The van der Waals surface area contributed by atoms with Crippen LogP contribution in [0.25, 0.3) is 0 Å². The van der Waals surface area contributed by atoms with Gasteiger partial charge in [0.2, 0.25) is 0 Å². The number of carbonyl (C=O) groups is 1. The van der Waals surface area contributed by atoms with Gasteiger partial charge < -0.3 is 9.47 Å². The summed E-state index contributed by atoms with van der Waals surface area (Å²) in [6.07, 6.45) is 0. The van der Waals surface area contributed by atoms with E-state index in [1.54, 1.807) is 18.2 Å². The number of hydrogen-bond donors (Lipinski definition) is 0. The Bertz CT molecular complexity index is 369. The molecule has 1 aromatic carbocycles. The van der Waals surface area contributed by atoms with E-state index in [4.69, 9.17) is 9.47 Å². The van der Waals surface area contributed by atoms with Crippen molar-refractivity contribution < 1.29 is 14.3 Å². The first-order chi connectivity index (χ1) is 6.58. The Hall–Kier alpha value is -1.51. The van der Waals surface area contributed by atoms with Crippen LogP contribution >= 0.6 is 0 Å². The first kappa shape index (κ1) is 9.06. The molecule has 0 aliphatic carbocycles. The van der Waals surface area contributed by atoms with Crippen molar-refractivity contribution >= 4 is 5.97 Å². The number of fused-ring (bicyclic) bond motifs is 1. The zero-order valence-electron chi connectivity index (χ0n) is 8.24. The number of ether oxygens (including phenoxy) is 2. The second kappa shape index (κ2) is 3.01. The Morgan fingerprint density at radius 1 is 1.29 bits per heavy atom. The topological polar surface area (TPSA) is 35.5 Å². The van der Waals surface area contributed by atoms with Crippen LogP contribution in [-0.2, 0) is 4.74 Å². The van der Waals surface area contributed by atoms with Gasteiger partial charge in [0.25, 0.3) is 0 Å². The monoisotopic (exact) mass is 192 g/mol. The molecular weight excluding hydrogens is 180 g/mol. The molecular formula is C11H12O3. The fourth-order valence-corrected chi connectivity index (χ4v) is 1.35. The maximum absolute atomic E-state index is 11.6. The Morgan fingerprint density at radius 3 is 2.79 bits per heavy atom. The van der Waals surface area contributed by atoms with Crippen molar-refractivity contribution in [3.05, 3.63) is 29.8 Å². The maximum Gasteiger partial charge on any atom is 0.342 e. The molecule has 0 amide bonds. The van der Waals surface area contributed by atoms with Crippen LogP contribution in [0.5, 0.6) is 5.75 Å². The van der Waals surface area contributed by atoms with Crippen LogP contribution in [0.3, 0.4) is 0 Å². The average molecular weight is 192 g/mol. The highest BCUT2D eigenvalue weighted by Gasteiger charge is 2.30. The summed E-state index contributed by atoms with van der Waals surface area (Å²) in [4.78, 5) is 11.6. The molecule has 0 aromatic heterocycles. The van der Waals surface area contributed by atoms with Gasteiger partial charge >= 0.3 is 5.97 Å². The zero-order chi connectivity index (χ0) is 10.2. The van der Waals surface area contributed by atoms with Crippen LogP contribution in [0.15, 0.2) is 24.3 Å². The summed E-state index contributed by atoms with van der Waals surface area (Å²) >= 11 is 0. The highest BCUT2D eigenvalue weighted by Crippen LogP contribution is 2.26. The molecule has 0 saturated heterocycles. The summed E-state index contributed by atoms with van der Waals surface area (Å²) in [7, 11) is 0. The van der Waals surface area contributed by atoms with E-state index in [9.17, 15) is 4.79 Å². The summed E-state index contributed by atoms with van der Waals surface area (Å²) in [6, 6.07) is 7.11. The molecule has 3 heteroatoms. The van der Waals surface area contributed by atoms with Crippen LogP contribution in [0.4, 0.5) is 0 Å². The smallest absolute Gasteiger partial charge is 0.342 e. The summed E-state index contributed by atoms with van der Waals surface area (Å²) in [5, 5.41) is 0. The fourth-order valence-electron chi connectivity index (χ4n) is 1.35. The van der Waals surface area contributed by atoms with E-state index in [2.05, 4.69) is 0 Å². The molecule has 2 rings (SSSR count). The van der Waals surface area contributed by atoms with E-state index in [1.165, 1.54) is 0 Å². The van der Waals surface area contributed by atoms with E-state index in [0.717, 1.165) is 0 Å². The third-order valence-corrected chi connectivity index (χ3v) is 2.05. The molecule has 0 N–H and O–H groups in total. The molecule has 14 heavy (non-hydrogen) atoms. The molecule has 1 aliphatic heterocycles. The maximum atomic E-state index is 11.6. The molecule has 74 valence electrons. The van der Waals surface area contributed by atoms with Crippen LogP contribution in [-0.4, -0.2) is 18.2 Å². The number of benzene rings is 1. The van der Waals surface area contributed by atoms with Gasteiger partial charge in [-0.1, -0.05) is 12.1 Å². The lowest BCUT2D eigenvalue weighted by Crippen LogP contribution is -2.32. The number of esters is 1. The van der Waals surface area contributed by atoms with Crippen LogP contribution in [0, 0.1) is 0 Å². The van der Waals surface area contributed by atoms with Crippen LogP contribution < -0.4 is 4.74 Å². The fraction of sp³-hybridized carbons (Fsp3) is 0.364. The standard InChI is InChI=1S/C11H12O3/c1-11(2)7-13-9-6-4-3-5-8(9)10(12)14-11/h3-6H,7H2,1-2H3. The molecule has 1 heterocycles. The van der Waals surface area contributed by atoms with Crippen LogP contribution in [0.2, 0.25) is 0 Å². The minimum absolute atomic E-state index is 0.317. The summed E-state index contributed by atoms with van der Waals surface area (Å²) < 4.78 is 10.7. The first-order valence-electron chi connectivity index (χ1n) is 4.54. The minimum Gasteiger partial charge on any atom is -0.489 e. The minimum atomic E-state index is -0.559. The van der Waals surface area contributed by atoms with Gasteiger partial charge in [0.1, 0.15) is 23.5 Å². The summed E-state index contributed by atoms with van der Waals surface area (Å²) in [5.74, 6) is 0.283. The largest absolute Gasteiger partial charge is 0.489 e. The SMILES string of the molecule is CC1(C)COc2ccccc2C(=O)O1. The van der Waals surface area contributed by atoms with Crippen molar-refractivity contribution in [2.24, 2.45) is 0 Å². The van der Waals surface area contributed by atoms with Gasteiger partial charge in [-0.05, 0) is 26.0 Å². The molecule has 1 aliphatic rings. The second-order valence-corrected chi connectivity index (χ2v) is 3.93. The van der Waals surface area contributed by atoms with Crippen molar-refractivity contribution in [3.8, 4) is 5.75 Å². The van der Waals surface area contributed by atoms with Crippen molar-refractivity contribution in [1.82, 2.24) is 0 Å². The van der Waals surface area contributed by atoms with Gasteiger partial charge in [0, 0.05) is 0 Å². The lowest BCUT2D eigenvalue weighted by atomic mass is 10.1. The first-order valence-corrected chi connectivity index (χ1v) is 4.54. The third kappa shape index (κ3) is 1.58. The van der Waals surface area contributed by atoms with Gasteiger partial charge in [-0.25, -0.2) is 4.79 Å². The molecule has 3 nitrogen and oxygen atoms in total. The summed E-state index contributed by atoms with van der Waals surface area (Å²) in [6.45, 7) is 4.04. The average Bonchev–Trinajstić information content (AvgIpc) is 2.24. The molecule has 0 unspecified atom stereocenters. The third-order valence-electron chi connectivity index (χ3n) is 2.05. The van der Waals surface area contributed by atoms with Crippen molar-refractivity contribution in [1.29, 1.82) is 0 Å².